The van der Waals surface area contributed by atoms with E-state index >= 15 is 0 Å². The first-order valence-electron chi connectivity index (χ1n) is 9.98. The van der Waals surface area contributed by atoms with Crippen LogP contribution >= 0.6 is 0 Å². The van der Waals surface area contributed by atoms with Crippen LogP contribution < -0.4 is 5.32 Å². The molecule has 4 rings (SSSR count). The summed E-state index contributed by atoms with van der Waals surface area (Å²) < 4.78 is 40.8. The summed E-state index contributed by atoms with van der Waals surface area (Å²) in [4.78, 5) is 20.7. The summed E-state index contributed by atoms with van der Waals surface area (Å²) in [5.41, 5.74) is 0.959. The number of aryl methyl sites for hydroxylation is 3. The first kappa shape index (κ1) is 21.0. The van der Waals surface area contributed by atoms with Crippen molar-refractivity contribution in [3.8, 4) is 0 Å². The number of nitrogens with zero attached hydrogens (tertiary/aromatic N) is 4. The van der Waals surface area contributed by atoms with E-state index in [0.717, 1.165) is 11.8 Å². The molecule has 3 aromatic rings. The van der Waals surface area contributed by atoms with Crippen molar-refractivity contribution in [3.63, 3.8) is 0 Å². The number of anilines is 1. The van der Waals surface area contributed by atoms with Crippen LogP contribution in [-0.2, 0) is 16.8 Å². The number of aromatic nitrogens is 4. The lowest BCUT2D eigenvalue weighted by molar-refractivity contribution is -0.117. The predicted octanol–water partition coefficient (Wildman–Crippen LogP) is 4.35. The molecule has 1 saturated carbocycles. The maximum Gasteiger partial charge on any atom is 0.299 e. The molecule has 2 heterocycles. The Hall–Kier alpha value is -3.23. The summed E-state index contributed by atoms with van der Waals surface area (Å²) in [6.45, 7) is 3.60. The van der Waals surface area contributed by atoms with Crippen LogP contribution in [0.1, 0.15) is 42.0 Å². The van der Waals surface area contributed by atoms with Crippen molar-refractivity contribution in [1.82, 2.24) is 19.7 Å². The molecule has 1 aliphatic rings. The van der Waals surface area contributed by atoms with Crippen molar-refractivity contribution in [1.29, 1.82) is 0 Å². The van der Waals surface area contributed by atoms with Gasteiger partial charge in [0, 0.05) is 17.9 Å². The fourth-order valence-electron chi connectivity index (χ4n) is 4.03. The number of pyridine rings is 1. The molecule has 2 atom stereocenters. The van der Waals surface area contributed by atoms with Crippen molar-refractivity contribution in [3.05, 3.63) is 71.2 Å². The van der Waals surface area contributed by atoms with Crippen molar-refractivity contribution in [2.24, 2.45) is 5.92 Å². The third-order valence-electron chi connectivity index (χ3n) is 5.88. The number of halogens is 3. The summed E-state index contributed by atoms with van der Waals surface area (Å²) in [7, 11) is 0. The van der Waals surface area contributed by atoms with E-state index in [1.54, 1.807) is 13.8 Å². The van der Waals surface area contributed by atoms with Gasteiger partial charge in [0.15, 0.2) is 0 Å². The van der Waals surface area contributed by atoms with Crippen LogP contribution in [0.5, 0.6) is 0 Å². The van der Waals surface area contributed by atoms with Gasteiger partial charge < -0.3 is 5.32 Å². The highest BCUT2D eigenvalue weighted by molar-refractivity contribution is 5.95. The topological polar surface area (TPSA) is 72.7 Å². The molecule has 31 heavy (non-hydrogen) atoms. The standard InChI is InChI=1S/C22H22F3N5O/c1-13-10-18(26-12-17(13)23)28-21(31)16-11-22(16,15-6-4-3-5-7-15)8-9-30-14(2)27-20(29-30)19(24)25/h3-7,10,12,16,19H,8-9,11H2,1-2H3,(H,26,28,31)/t16-,22-/m0/s1. The molecule has 0 aliphatic heterocycles. The molecular formula is C22H22F3N5O. The molecule has 1 aliphatic carbocycles. The first-order valence-corrected chi connectivity index (χ1v) is 9.98. The Balaban J connectivity index is 1.53. The maximum atomic E-state index is 13.5. The Morgan fingerprint density at radius 3 is 2.68 bits per heavy atom. The second-order valence-electron chi connectivity index (χ2n) is 7.88. The van der Waals surface area contributed by atoms with Gasteiger partial charge in [-0.2, -0.15) is 0 Å². The van der Waals surface area contributed by atoms with E-state index in [1.807, 2.05) is 30.3 Å². The molecule has 0 bridgehead atoms. The van der Waals surface area contributed by atoms with E-state index in [1.165, 1.54) is 10.7 Å². The second kappa shape index (κ2) is 8.13. The number of rotatable bonds is 7. The fraction of sp³-hybridized carbons (Fsp3) is 0.364. The monoisotopic (exact) mass is 429 g/mol. The summed E-state index contributed by atoms with van der Waals surface area (Å²) in [6.07, 6.45) is -0.499. The van der Waals surface area contributed by atoms with Crippen LogP contribution in [0.4, 0.5) is 19.0 Å². The highest BCUT2D eigenvalue weighted by atomic mass is 19.3. The normalized spacial score (nSPS) is 20.1. The first-order chi connectivity index (χ1) is 14.8. The molecule has 162 valence electrons. The van der Waals surface area contributed by atoms with Gasteiger partial charge in [0.05, 0.1) is 6.20 Å². The maximum absolute atomic E-state index is 13.5. The van der Waals surface area contributed by atoms with E-state index < -0.39 is 23.5 Å². The lowest BCUT2D eigenvalue weighted by atomic mass is 9.89. The highest BCUT2D eigenvalue weighted by Gasteiger charge is 2.58. The zero-order chi connectivity index (χ0) is 22.2. The number of carbonyl (C=O) groups is 1. The Bertz CT molecular complexity index is 1100. The van der Waals surface area contributed by atoms with Gasteiger partial charge in [0.25, 0.3) is 6.43 Å². The molecule has 2 aromatic heterocycles. The zero-order valence-corrected chi connectivity index (χ0v) is 17.1. The number of hydrogen-bond donors (Lipinski definition) is 1. The zero-order valence-electron chi connectivity index (χ0n) is 17.1. The largest absolute Gasteiger partial charge is 0.310 e. The summed E-state index contributed by atoms with van der Waals surface area (Å²) >= 11 is 0. The van der Waals surface area contributed by atoms with Crippen molar-refractivity contribution in [2.45, 2.75) is 45.1 Å². The number of carbonyl (C=O) groups excluding carboxylic acids is 1. The van der Waals surface area contributed by atoms with Crippen molar-refractivity contribution in [2.75, 3.05) is 5.32 Å². The molecule has 9 heteroatoms. The molecule has 0 spiro atoms. The van der Waals surface area contributed by atoms with E-state index in [-0.39, 0.29) is 11.8 Å². The van der Waals surface area contributed by atoms with Crippen LogP contribution in [0, 0.1) is 25.6 Å². The van der Waals surface area contributed by atoms with Crippen LogP contribution in [0.3, 0.4) is 0 Å². The van der Waals surface area contributed by atoms with E-state index in [9.17, 15) is 18.0 Å². The average Bonchev–Trinajstić information content (AvgIpc) is 3.38. The Morgan fingerprint density at radius 2 is 2.03 bits per heavy atom. The number of hydrogen-bond acceptors (Lipinski definition) is 4. The van der Waals surface area contributed by atoms with Crippen LogP contribution in [0.25, 0.3) is 0 Å². The second-order valence-corrected chi connectivity index (χ2v) is 7.88. The predicted molar refractivity (Wildman–Crippen MR) is 108 cm³/mol. The molecule has 1 N–H and O–H groups in total. The van der Waals surface area contributed by atoms with Gasteiger partial charge in [-0.3, -0.25) is 4.79 Å². The quantitative estimate of drug-likeness (QED) is 0.606. The molecule has 1 amide bonds. The molecule has 0 saturated heterocycles. The van der Waals surface area contributed by atoms with Crippen molar-refractivity contribution < 1.29 is 18.0 Å². The summed E-state index contributed by atoms with van der Waals surface area (Å²) in [6, 6.07) is 11.1. The third-order valence-corrected chi connectivity index (χ3v) is 5.88. The number of amides is 1. The molecular weight excluding hydrogens is 407 g/mol. The molecule has 6 nitrogen and oxygen atoms in total. The van der Waals surface area contributed by atoms with E-state index in [0.29, 0.717) is 36.6 Å². The van der Waals surface area contributed by atoms with E-state index in [4.69, 9.17) is 0 Å². The van der Waals surface area contributed by atoms with Gasteiger partial charge in [-0.25, -0.2) is 27.8 Å². The minimum Gasteiger partial charge on any atom is -0.310 e. The summed E-state index contributed by atoms with van der Waals surface area (Å²) in [5, 5.41) is 6.67. The Labute approximate surface area is 177 Å². The lowest BCUT2D eigenvalue weighted by Crippen LogP contribution is -2.23. The Kier molecular flexibility index (Phi) is 5.51. The fourth-order valence-corrected chi connectivity index (χ4v) is 4.03. The van der Waals surface area contributed by atoms with Gasteiger partial charge in [-0.1, -0.05) is 30.3 Å². The minimum atomic E-state index is -2.73. The summed E-state index contributed by atoms with van der Waals surface area (Å²) in [5.74, 6) is -0.743. The van der Waals surface area contributed by atoms with Crippen LogP contribution in [-0.4, -0.2) is 25.7 Å². The van der Waals surface area contributed by atoms with Gasteiger partial charge in [0.1, 0.15) is 17.5 Å². The van der Waals surface area contributed by atoms with E-state index in [2.05, 4.69) is 20.4 Å². The Morgan fingerprint density at radius 1 is 1.29 bits per heavy atom. The van der Waals surface area contributed by atoms with Gasteiger partial charge >= 0.3 is 0 Å². The van der Waals surface area contributed by atoms with Crippen LogP contribution in [0.2, 0.25) is 0 Å². The van der Waals surface area contributed by atoms with Gasteiger partial charge in [-0.15, -0.1) is 5.10 Å². The van der Waals surface area contributed by atoms with Gasteiger partial charge in [-0.05, 0) is 43.9 Å². The molecule has 1 aromatic carbocycles. The van der Waals surface area contributed by atoms with Crippen LogP contribution in [0.15, 0.2) is 42.6 Å². The molecule has 0 unspecified atom stereocenters. The smallest absolute Gasteiger partial charge is 0.299 e. The third kappa shape index (κ3) is 4.17. The number of benzene rings is 1. The van der Waals surface area contributed by atoms with Crippen molar-refractivity contribution >= 4 is 11.7 Å². The molecule has 1 fully saturated rings. The lowest BCUT2D eigenvalue weighted by Gasteiger charge is -2.18. The number of alkyl halides is 2. The minimum absolute atomic E-state index is 0.203. The highest BCUT2D eigenvalue weighted by Crippen LogP contribution is 2.57. The SMILES string of the molecule is Cc1cc(NC(=O)[C@@H]2C[C@@]2(CCn2nc(C(F)F)nc2C)c2ccccc2)ncc1F. The molecule has 0 radical (unpaired) electrons. The van der Waals surface area contributed by atoms with Gasteiger partial charge in [0.2, 0.25) is 11.7 Å². The average molecular weight is 429 g/mol. The number of nitrogens with one attached hydrogen (secondary N) is 1.